The number of fused-ring (bicyclic) bond motifs is 1. The summed E-state index contributed by atoms with van der Waals surface area (Å²) in [5.41, 5.74) is 2.82. The van der Waals surface area contributed by atoms with E-state index < -0.39 is 0 Å². The van der Waals surface area contributed by atoms with E-state index in [1.807, 2.05) is 0 Å². The second-order valence-electron chi connectivity index (χ2n) is 7.68. The van der Waals surface area contributed by atoms with Crippen molar-refractivity contribution in [3.05, 3.63) is 35.4 Å². The summed E-state index contributed by atoms with van der Waals surface area (Å²) in [4.78, 5) is 4.79. The highest BCUT2D eigenvalue weighted by molar-refractivity contribution is 5.80. The van der Waals surface area contributed by atoms with Gasteiger partial charge in [-0.2, -0.15) is 0 Å². The van der Waals surface area contributed by atoms with Crippen LogP contribution in [-0.4, -0.2) is 37.8 Å². The van der Waals surface area contributed by atoms with Gasteiger partial charge in [0.25, 0.3) is 0 Å². The molecule has 3 unspecified atom stereocenters. The largest absolute Gasteiger partial charge is 0.377 e. The number of ether oxygens (including phenoxy) is 1. The Morgan fingerprint density at radius 2 is 2.04 bits per heavy atom. The van der Waals surface area contributed by atoms with Crippen LogP contribution >= 0.6 is 0 Å². The maximum absolute atomic E-state index is 5.89. The van der Waals surface area contributed by atoms with Crippen molar-refractivity contribution < 1.29 is 4.74 Å². The van der Waals surface area contributed by atoms with E-state index in [9.17, 15) is 0 Å². The van der Waals surface area contributed by atoms with Gasteiger partial charge in [-0.05, 0) is 32.3 Å². The maximum atomic E-state index is 5.89. The van der Waals surface area contributed by atoms with E-state index in [1.54, 1.807) is 0 Å². The third-order valence-corrected chi connectivity index (χ3v) is 5.53. The number of aryl methyl sites for hydroxylation is 1. The summed E-state index contributed by atoms with van der Waals surface area (Å²) in [6.45, 7) is 11.4. The van der Waals surface area contributed by atoms with Crippen LogP contribution in [0.5, 0.6) is 0 Å². The molecule has 1 aliphatic carbocycles. The second-order valence-corrected chi connectivity index (χ2v) is 7.68. The molecule has 0 radical (unpaired) electrons. The average Bonchev–Trinajstić information content (AvgIpc) is 3.01. The Hall–Kier alpha value is -1.55. The number of benzene rings is 1. The molecule has 0 amide bonds. The van der Waals surface area contributed by atoms with E-state index in [-0.39, 0.29) is 5.41 Å². The normalized spacial score (nSPS) is 28.2. The molecule has 0 spiro atoms. The molecule has 4 heteroatoms. The van der Waals surface area contributed by atoms with E-state index in [1.165, 1.54) is 11.1 Å². The molecule has 24 heavy (non-hydrogen) atoms. The summed E-state index contributed by atoms with van der Waals surface area (Å²) in [5.74, 6) is 1.56. The molecule has 3 rings (SSSR count). The molecular formula is C20H31N3O. The standard InChI is InChI=1S/C20H31N3O/c1-5-21-19(22-12-10-15-8-6-14(2)7-9-15)23-17-16-11-13-24-18(16)20(17,3)4/h6-9,16-18H,5,10-13H2,1-4H3,(H2,21,22,23). The Kier molecular flexibility index (Phi) is 5.14. The number of hydrogen-bond acceptors (Lipinski definition) is 2. The first-order chi connectivity index (χ1) is 11.5. The molecule has 0 bridgehead atoms. The van der Waals surface area contributed by atoms with Crippen LogP contribution in [0.15, 0.2) is 29.3 Å². The minimum atomic E-state index is 0.175. The Morgan fingerprint density at radius 1 is 1.29 bits per heavy atom. The zero-order chi connectivity index (χ0) is 17.2. The quantitative estimate of drug-likeness (QED) is 0.645. The lowest BCUT2D eigenvalue weighted by atomic mass is 9.57. The molecule has 1 aromatic rings. The molecular weight excluding hydrogens is 298 g/mol. The molecule has 0 aromatic heterocycles. The van der Waals surface area contributed by atoms with Gasteiger partial charge in [0.15, 0.2) is 5.96 Å². The van der Waals surface area contributed by atoms with Crippen molar-refractivity contribution in [3.8, 4) is 0 Å². The van der Waals surface area contributed by atoms with Crippen LogP contribution in [0, 0.1) is 18.3 Å². The molecule has 2 N–H and O–H groups in total. The van der Waals surface area contributed by atoms with Crippen LogP contribution in [0.25, 0.3) is 0 Å². The summed E-state index contributed by atoms with van der Waals surface area (Å²) in [5, 5.41) is 7.06. The molecule has 4 nitrogen and oxygen atoms in total. The zero-order valence-electron chi connectivity index (χ0n) is 15.4. The van der Waals surface area contributed by atoms with Crippen molar-refractivity contribution in [2.24, 2.45) is 16.3 Å². The Morgan fingerprint density at radius 3 is 2.75 bits per heavy atom. The first kappa shape index (κ1) is 17.3. The van der Waals surface area contributed by atoms with E-state index in [2.05, 4.69) is 62.6 Å². The van der Waals surface area contributed by atoms with Crippen LogP contribution in [0.3, 0.4) is 0 Å². The van der Waals surface area contributed by atoms with E-state index >= 15 is 0 Å². The monoisotopic (exact) mass is 329 g/mol. The van der Waals surface area contributed by atoms with Crippen LogP contribution in [0.1, 0.15) is 38.3 Å². The Bertz CT molecular complexity index is 579. The first-order valence-electron chi connectivity index (χ1n) is 9.24. The summed E-state index contributed by atoms with van der Waals surface area (Å²) < 4.78 is 5.89. The summed E-state index contributed by atoms with van der Waals surface area (Å²) >= 11 is 0. The topological polar surface area (TPSA) is 45.7 Å². The average molecular weight is 329 g/mol. The van der Waals surface area contributed by atoms with Gasteiger partial charge in [-0.15, -0.1) is 0 Å². The number of aliphatic imine (C=N–C) groups is 1. The van der Waals surface area contributed by atoms with Crippen LogP contribution < -0.4 is 10.6 Å². The lowest BCUT2D eigenvalue weighted by Gasteiger charge is -2.54. The fourth-order valence-electron chi connectivity index (χ4n) is 4.14. The zero-order valence-corrected chi connectivity index (χ0v) is 15.4. The van der Waals surface area contributed by atoms with Gasteiger partial charge in [0.05, 0.1) is 6.10 Å². The van der Waals surface area contributed by atoms with Gasteiger partial charge < -0.3 is 15.4 Å². The van der Waals surface area contributed by atoms with E-state index in [0.717, 1.165) is 38.5 Å². The molecule has 132 valence electrons. The van der Waals surface area contributed by atoms with Gasteiger partial charge in [0, 0.05) is 37.1 Å². The highest BCUT2D eigenvalue weighted by Gasteiger charge is 2.59. The summed E-state index contributed by atoms with van der Waals surface area (Å²) in [6, 6.07) is 9.17. The number of nitrogens with one attached hydrogen (secondary N) is 2. The van der Waals surface area contributed by atoms with E-state index in [4.69, 9.17) is 9.73 Å². The molecule has 1 saturated heterocycles. The van der Waals surface area contributed by atoms with E-state index in [0.29, 0.717) is 18.1 Å². The molecule has 1 aromatic carbocycles. The van der Waals surface area contributed by atoms with Gasteiger partial charge in [0.2, 0.25) is 0 Å². The molecule has 1 heterocycles. The second kappa shape index (κ2) is 7.14. The lowest BCUT2D eigenvalue weighted by molar-refractivity contribution is -0.106. The molecule has 3 atom stereocenters. The van der Waals surface area contributed by atoms with Crippen molar-refractivity contribution in [1.29, 1.82) is 0 Å². The minimum Gasteiger partial charge on any atom is -0.377 e. The molecule has 1 saturated carbocycles. The summed E-state index contributed by atoms with van der Waals surface area (Å²) in [6.07, 6.45) is 2.54. The Balaban J connectivity index is 1.58. The van der Waals surface area contributed by atoms with Crippen molar-refractivity contribution in [2.75, 3.05) is 19.7 Å². The fourth-order valence-corrected chi connectivity index (χ4v) is 4.14. The van der Waals surface area contributed by atoms with Crippen LogP contribution in [0.4, 0.5) is 0 Å². The van der Waals surface area contributed by atoms with Crippen molar-refractivity contribution in [3.63, 3.8) is 0 Å². The predicted molar refractivity (Wildman–Crippen MR) is 99.4 cm³/mol. The summed E-state index contributed by atoms with van der Waals surface area (Å²) in [7, 11) is 0. The minimum absolute atomic E-state index is 0.175. The van der Waals surface area contributed by atoms with Gasteiger partial charge in [-0.25, -0.2) is 0 Å². The van der Waals surface area contributed by atoms with Gasteiger partial charge in [-0.1, -0.05) is 43.7 Å². The highest BCUT2D eigenvalue weighted by atomic mass is 16.5. The third kappa shape index (κ3) is 3.44. The van der Waals surface area contributed by atoms with Crippen LogP contribution in [-0.2, 0) is 11.2 Å². The number of rotatable bonds is 5. The van der Waals surface area contributed by atoms with Crippen LogP contribution in [0.2, 0.25) is 0 Å². The fraction of sp³-hybridized carbons (Fsp3) is 0.650. The van der Waals surface area contributed by atoms with Gasteiger partial charge >= 0.3 is 0 Å². The first-order valence-corrected chi connectivity index (χ1v) is 9.24. The maximum Gasteiger partial charge on any atom is 0.191 e. The number of guanidine groups is 1. The molecule has 2 fully saturated rings. The SMILES string of the molecule is CCNC(=NCCc1ccc(C)cc1)NC1C2CCOC2C1(C)C. The number of nitrogens with zero attached hydrogens (tertiary/aromatic N) is 1. The predicted octanol–water partition coefficient (Wildman–Crippen LogP) is 2.91. The Labute approximate surface area is 146 Å². The number of hydrogen-bond donors (Lipinski definition) is 2. The smallest absolute Gasteiger partial charge is 0.191 e. The highest BCUT2D eigenvalue weighted by Crippen LogP contribution is 2.52. The van der Waals surface area contributed by atoms with Gasteiger partial charge in [-0.3, -0.25) is 4.99 Å². The lowest BCUT2D eigenvalue weighted by Crippen LogP contribution is -2.68. The third-order valence-electron chi connectivity index (χ3n) is 5.53. The van der Waals surface area contributed by atoms with Crippen molar-refractivity contribution in [2.45, 2.75) is 52.7 Å². The molecule has 2 aliphatic rings. The molecule has 1 aliphatic heterocycles. The van der Waals surface area contributed by atoms with Crippen molar-refractivity contribution in [1.82, 2.24) is 10.6 Å². The van der Waals surface area contributed by atoms with Crippen molar-refractivity contribution >= 4 is 5.96 Å². The van der Waals surface area contributed by atoms with Gasteiger partial charge in [0.1, 0.15) is 0 Å².